The smallest absolute Gasteiger partial charge is 0.257 e. The highest BCUT2D eigenvalue weighted by Crippen LogP contribution is 2.38. The molecular formula is C33H28N4O6S2. The van der Waals surface area contributed by atoms with Gasteiger partial charge in [0.05, 0.1) is 22.9 Å². The van der Waals surface area contributed by atoms with Crippen LogP contribution in [-0.2, 0) is 15.0 Å². The first kappa shape index (κ1) is 30.1. The van der Waals surface area contributed by atoms with E-state index in [0.717, 1.165) is 45.7 Å². The molecule has 6 aromatic rings. The third-order valence-corrected chi connectivity index (χ3v) is 8.85. The summed E-state index contributed by atoms with van der Waals surface area (Å²) in [4.78, 5) is 33.8. The number of thioether (sulfide) groups is 2. The summed E-state index contributed by atoms with van der Waals surface area (Å²) >= 11 is 2.33. The number of aromatic nitrogens is 2. The standard InChI is InChI=1S/C33H28N4O6S2/c1-33(2,19-11-13-21(25(38)15-19)34-29(40)17-44-31-36-23-7-3-5-9-27(23)42-31)20-12-14-22(26(39)16-20)35-30(41)18-45-32-37-24-8-4-6-10-28(24)43-32/h3-16,38-39H,17-18H2,1-2H3,(H,34,40)(H,35,41). The van der Waals surface area contributed by atoms with Crippen molar-refractivity contribution in [2.45, 2.75) is 29.7 Å². The molecule has 45 heavy (non-hydrogen) atoms. The van der Waals surface area contributed by atoms with E-state index in [4.69, 9.17) is 8.83 Å². The second-order valence-electron chi connectivity index (χ2n) is 10.7. The predicted molar refractivity (Wildman–Crippen MR) is 175 cm³/mol. The Labute approximate surface area is 266 Å². The highest BCUT2D eigenvalue weighted by molar-refractivity contribution is 8.00. The van der Waals surface area contributed by atoms with E-state index in [-0.39, 0.29) is 46.2 Å². The van der Waals surface area contributed by atoms with Crippen LogP contribution in [0.2, 0.25) is 0 Å². The average Bonchev–Trinajstić information content (AvgIpc) is 3.64. The number of nitrogens with one attached hydrogen (secondary N) is 2. The Hall–Kier alpha value is -4.94. The molecule has 4 aromatic carbocycles. The average molecular weight is 641 g/mol. The molecule has 0 atom stereocenters. The zero-order valence-electron chi connectivity index (χ0n) is 24.2. The van der Waals surface area contributed by atoms with Crippen LogP contribution in [0.1, 0.15) is 25.0 Å². The molecule has 2 aromatic heterocycles. The molecule has 4 N–H and O–H groups in total. The van der Waals surface area contributed by atoms with Crippen molar-refractivity contribution in [2.75, 3.05) is 22.1 Å². The molecule has 0 aliphatic heterocycles. The van der Waals surface area contributed by atoms with Crippen LogP contribution < -0.4 is 10.6 Å². The fourth-order valence-electron chi connectivity index (χ4n) is 4.67. The molecule has 0 bridgehead atoms. The van der Waals surface area contributed by atoms with Gasteiger partial charge in [-0.3, -0.25) is 9.59 Å². The lowest BCUT2D eigenvalue weighted by Gasteiger charge is -2.27. The molecule has 228 valence electrons. The van der Waals surface area contributed by atoms with Crippen molar-refractivity contribution < 1.29 is 28.6 Å². The first-order valence-corrected chi connectivity index (χ1v) is 15.9. The van der Waals surface area contributed by atoms with Gasteiger partial charge in [-0.25, -0.2) is 9.97 Å². The molecule has 2 heterocycles. The summed E-state index contributed by atoms with van der Waals surface area (Å²) in [5.74, 6) is -0.719. The van der Waals surface area contributed by atoms with Crippen LogP contribution in [0, 0.1) is 0 Å². The van der Waals surface area contributed by atoms with Crippen LogP contribution in [-0.4, -0.2) is 43.5 Å². The van der Waals surface area contributed by atoms with E-state index in [2.05, 4.69) is 20.6 Å². The molecular weight excluding hydrogens is 613 g/mol. The summed E-state index contributed by atoms with van der Waals surface area (Å²) in [5, 5.41) is 27.7. The monoisotopic (exact) mass is 640 g/mol. The quantitative estimate of drug-likeness (QED) is 0.0896. The Morgan fingerprint density at radius 1 is 0.689 bits per heavy atom. The Morgan fingerprint density at radius 2 is 1.11 bits per heavy atom. The van der Waals surface area contributed by atoms with Gasteiger partial charge in [-0.15, -0.1) is 0 Å². The maximum atomic E-state index is 12.6. The molecule has 10 nitrogen and oxygen atoms in total. The first-order chi connectivity index (χ1) is 21.7. The number of fused-ring (bicyclic) bond motifs is 2. The number of phenolic OH excluding ortho intramolecular Hbond substituents is 2. The fraction of sp³-hybridized carbons (Fsp3) is 0.152. The SMILES string of the molecule is CC(C)(c1ccc(NC(=O)CSc2nc3ccccc3o2)c(O)c1)c1ccc(NC(=O)CSc2nc3ccccc3o2)c(O)c1. The second kappa shape index (κ2) is 12.6. The molecule has 0 aliphatic rings. The van der Waals surface area contributed by atoms with Crippen molar-refractivity contribution in [3.63, 3.8) is 0 Å². The first-order valence-electron chi connectivity index (χ1n) is 13.9. The number of carbonyl (C=O) groups excluding carboxylic acids is 2. The minimum atomic E-state index is -0.633. The number of hydrogen-bond donors (Lipinski definition) is 4. The number of rotatable bonds is 10. The van der Waals surface area contributed by atoms with E-state index in [1.54, 1.807) is 36.4 Å². The summed E-state index contributed by atoms with van der Waals surface area (Å²) in [6.45, 7) is 3.89. The molecule has 0 radical (unpaired) electrons. The zero-order chi connectivity index (χ0) is 31.6. The van der Waals surface area contributed by atoms with Gasteiger partial charge in [0.2, 0.25) is 11.8 Å². The minimum Gasteiger partial charge on any atom is -0.506 e. The normalized spacial score (nSPS) is 11.6. The van der Waals surface area contributed by atoms with Gasteiger partial charge in [0, 0.05) is 5.41 Å². The number of phenols is 2. The number of anilines is 2. The fourth-order valence-corrected chi connectivity index (χ4v) is 5.95. The molecule has 0 saturated carbocycles. The van der Waals surface area contributed by atoms with Crippen molar-refractivity contribution >= 4 is 68.9 Å². The number of benzene rings is 4. The highest BCUT2D eigenvalue weighted by atomic mass is 32.2. The van der Waals surface area contributed by atoms with E-state index in [9.17, 15) is 19.8 Å². The zero-order valence-corrected chi connectivity index (χ0v) is 25.9. The van der Waals surface area contributed by atoms with Crippen LogP contribution in [0.25, 0.3) is 22.2 Å². The number of nitrogens with zero attached hydrogens (tertiary/aromatic N) is 2. The maximum absolute atomic E-state index is 12.6. The summed E-state index contributed by atoms with van der Waals surface area (Å²) in [7, 11) is 0. The van der Waals surface area contributed by atoms with Crippen molar-refractivity contribution in [2.24, 2.45) is 0 Å². The number of carbonyl (C=O) groups is 2. The van der Waals surface area contributed by atoms with Gasteiger partial charge in [-0.05, 0) is 59.7 Å². The molecule has 12 heteroatoms. The topological polar surface area (TPSA) is 151 Å². The van der Waals surface area contributed by atoms with Crippen molar-refractivity contribution in [1.82, 2.24) is 9.97 Å². The molecule has 2 amide bonds. The van der Waals surface area contributed by atoms with Gasteiger partial charge in [0.25, 0.3) is 10.4 Å². The Kier molecular flexibility index (Phi) is 8.42. The van der Waals surface area contributed by atoms with Crippen molar-refractivity contribution in [3.05, 3.63) is 96.1 Å². The van der Waals surface area contributed by atoms with Crippen LogP contribution >= 0.6 is 23.5 Å². The molecule has 0 saturated heterocycles. The van der Waals surface area contributed by atoms with E-state index in [1.807, 2.05) is 62.4 Å². The predicted octanol–water partition coefficient (Wildman–Crippen LogP) is 7.17. The summed E-state index contributed by atoms with van der Waals surface area (Å²) in [6, 6.07) is 24.8. The summed E-state index contributed by atoms with van der Waals surface area (Å²) < 4.78 is 11.3. The third kappa shape index (κ3) is 6.76. The molecule has 6 rings (SSSR count). The lowest BCUT2D eigenvalue weighted by molar-refractivity contribution is -0.114. The number of hydrogen-bond acceptors (Lipinski definition) is 10. The van der Waals surface area contributed by atoms with Crippen LogP contribution in [0.3, 0.4) is 0 Å². The maximum Gasteiger partial charge on any atom is 0.257 e. The minimum absolute atomic E-state index is 0.0527. The van der Waals surface area contributed by atoms with Crippen LogP contribution in [0.4, 0.5) is 11.4 Å². The Bertz CT molecular complexity index is 1830. The molecule has 0 spiro atoms. The van der Waals surface area contributed by atoms with E-state index < -0.39 is 5.41 Å². The molecule has 0 unspecified atom stereocenters. The number of aromatic hydroxyl groups is 2. The van der Waals surface area contributed by atoms with E-state index in [0.29, 0.717) is 21.6 Å². The van der Waals surface area contributed by atoms with Crippen molar-refractivity contribution in [1.29, 1.82) is 0 Å². The van der Waals surface area contributed by atoms with Gasteiger partial charge in [0.15, 0.2) is 11.2 Å². The molecule has 0 fully saturated rings. The second-order valence-corrected chi connectivity index (χ2v) is 12.5. The largest absolute Gasteiger partial charge is 0.506 e. The lowest BCUT2D eigenvalue weighted by atomic mass is 9.78. The lowest BCUT2D eigenvalue weighted by Crippen LogP contribution is -2.20. The summed E-state index contributed by atoms with van der Waals surface area (Å²) in [5.41, 5.74) is 4.16. The number of oxazole rings is 2. The van der Waals surface area contributed by atoms with E-state index >= 15 is 0 Å². The number of amides is 2. The van der Waals surface area contributed by atoms with Crippen LogP contribution in [0.15, 0.2) is 104 Å². The summed E-state index contributed by atoms with van der Waals surface area (Å²) in [6.07, 6.45) is 0. The molecule has 0 aliphatic carbocycles. The van der Waals surface area contributed by atoms with Gasteiger partial charge < -0.3 is 29.7 Å². The van der Waals surface area contributed by atoms with Gasteiger partial charge in [0.1, 0.15) is 22.5 Å². The van der Waals surface area contributed by atoms with E-state index in [1.165, 1.54) is 0 Å². The Balaban J connectivity index is 1.06. The number of para-hydroxylation sites is 4. The Morgan fingerprint density at radius 3 is 1.51 bits per heavy atom. The van der Waals surface area contributed by atoms with Crippen molar-refractivity contribution in [3.8, 4) is 11.5 Å². The van der Waals surface area contributed by atoms with Gasteiger partial charge >= 0.3 is 0 Å². The van der Waals surface area contributed by atoms with Gasteiger partial charge in [-0.1, -0.05) is 73.8 Å². The third-order valence-electron chi connectivity index (χ3n) is 7.19. The van der Waals surface area contributed by atoms with Gasteiger partial charge in [-0.2, -0.15) is 0 Å². The highest BCUT2D eigenvalue weighted by Gasteiger charge is 2.26. The van der Waals surface area contributed by atoms with Crippen LogP contribution in [0.5, 0.6) is 11.5 Å².